The lowest BCUT2D eigenvalue weighted by Gasteiger charge is -2.49. The largest absolute Gasteiger partial charge is 0.490 e. The van der Waals surface area contributed by atoms with Crippen molar-refractivity contribution in [3.05, 3.63) is 22.4 Å². The number of carbonyl (C=O) groups excluding carboxylic acids is 1. The number of likely N-dealkylation sites (tertiary alicyclic amines) is 1. The van der Waals surface area contributed by atoms with Gasteiger partial charge in [0, 0.05) is 38.9 Å². The van der Waals surface area contributed by atoms with Crippen LogP contribution in [-0.4, -0.2) is 90.6 Å². The van der Waals surface area contributed by atoms with Gasteiger partial charge in [-0.15, -0.1) is 11.3 Å². The number of alkyl halides is 3. The third kappa shape index (κ3) is 6.41. The van der Waals surface area contributed by atoms with Crippen LogP contribution in [-0.2, 0) is 14.3 Å². The van der Waals surface area contributed by atoms with E-state index < -0.39 is 12.1 Å². The number of carboxylic acid groups (broad SMARTS) is 1. The number of hydrogen-bond acceptors (Lipinski definition) is 6. The van der Waals surface area contributed by atoms with E-state index in [-0.39, 0.29) is 11.5 Å². The van der Waals surface area contributed by atoms with Crippen LogP contribution in [0.3, 0.4) is 0 Å². The zero-order chi connectivity index (χ0) is 22.5. The van der Waals surface area contributed by atoms with Crippen molar-refractivity contribution in [1.29, 1.82) is 0 Å². The number of piperidine rings is 1. The molecular weight excluding hydrogens is 437 g/mol. The predicted molar refractivity (Wildman–Crippen MR) is 107 cm³/mol. The van der Waals surface area contributed by atoms with Gasteiger partial charge in [-0.25, -0.2) is 4.79 Å². The Hall–Kier alpha value is -1.69. The standard InChI is InChI=1S/C18H26N2O3S.C2HF3O2/c21-17(16-2-1-13-24-16)20-9-12-23-18(14-20)5-7-19(8-6-18)15-3-10-22-11-4-15;3-2(4,5)1(6)7/h1-2,13,15H,3-12,14H2;(H,6,7). The van der Waals surface area contributed by atoms with E-state index in [2.05, 4.69) is 4.90 Å². The number of thiophene rings is 1. The molecule has 174 valence electrons. The highest BCUT2D eigenvalue weighted by Gasteiger charge is 2.42. The van der Waals surface area contributed by atoms with E-state index in [4.69, 9.17) is 19.4 Å². The molecule has 4 rings (SSSR count). The molecular formula is C20H27F3N2O5S. The molecule has 11 heteroatoms. The molecule has 1 aromatic rings. The van der Waals surface area contributed by atoms with Crippen molar-refractivity contribution in [1.82, 2.24) is 9.80 Å². The fourth-order valence-electron chi connectivity index (χ4n) is 4.22. The predicted octanol–water partition coefficient (Wildman–Crippen LogP) is 2.87. The van der Waals surface area contributed by atoms with E-state index in [1.165, 1.54) is 11.3 Å². The van der Waals surface area contributed by atoms with Crippen LogP contribution in [0, 0.1) is 0 Å². The number of morpholine rings is 1. The molecule has 0 saturated carbocycles. The smallest absolute Gasteiger partial charge is 0.475 e. The molecule has 1 aromatic heterocycles. The highest BCUT2D eigenvalue weighted by Crippen LogP contribution is 2.33. The molecule has 0 aromatic carbocycles. The molecule has 1 N–H and O–H groups in total. The third-order valence-corrected chi connectivity index (χ3v) is 6.78. The maximum Gasteiger partial charge on any atom is 0.490 e. The van der Waals surface area contributed by atoms with Crippen LogP contribution in [0.25, 0.3) is 0 Å². The number of aliphatic carboxylic acids is 1. The number of rotatable bonds is 2. The molecule has 0 unspecified atom stereocenters. The zero-order valence-corrected chi connectivity index (χ0v) is 17.9. The first kappa shape index (κ1) is 24.0. The lowest BCUT2D eigenvalue weighted by Crippen LogP contribution is -2.59. The minimum absolute atomic E-state index is 0.132. The average Bonchev–Trinajstić information content (AvgIpc) is 3.29. The Morgan fingerprint density at radius 2 is 1.77 bits per heavy atom. The molecule has 1 spiro atoms. The Kier molecular flexibility index (Phi) is 7.95. The number of halogens is 3. The number of hydrogen-bond donors (Lipinski definition) is 1. The topological polar surface area (TPSA) is 79.3 Å². The molecule has 1 amide bonds. The van der Waals surface area contributed by atoms with E-state index >= 15 is 0 Å². The summed E-state index contributed by atoms with van der Waals surface area (Å²) in [6.45, 7) is 6.05. The Morgan fingerprint density at radius 3 is 2.32 bits per heavy atom. The van der Waals surface area contributed by atoms with Crippen LogP contribution in [0.5, 0.6) is 0 Å². The SMILES string of the molecule is O=C(O)C(F)(F)F.O=C(c1cccs1)N1CCOC2(CCN(C3CCOCC3)CC2)C1. The number of carboxylic acids is 1. The third-order valence-electron chi connectivity index (χ3n) is 5.93. The van der Waals surface area contributed by atoms with E-state index in [1.807, 2.05) is 22.4 Å². The van der Waals surface area contributed by atoms with Gasteiger partial charge >= 0.3 is 12.1 Å². The summed E-state index contributed by atoms with van der Waals surface area (Å²) in [4.78, 5) is 27.0. The van der Waals surface area contributed by atoms with Crippen molar-refractivity contribution in [2.45, 2.75) is 43.5 Å². The molecule has 0 atom stereocenters. The van der Waals surface area contributed by atoms with Crippen molar-refractivity contribution in [3.8, 4) is 0 Å². The van der Waals surface area contributed by atoms with Crippen LogP contribution < -0.4 is 0 Å². The van der Waals surface area contributed by atoms with Gasteiger partial charge in [0.05, 0.1) is 23.6 Å². The van der Waals surface area contributed by atoms with Gasteiger partial charge in [0.25, 0.3) is 5.91 Å². The minimum Gasteiger partial charge on any atom is -0.475 e. The maximum absolute atomic E-state index is 12.7. The summed E-state index contributed by atoms with van der Waals surface area (Å²) in [7, 11) is 0. The van der Waals surface area contributed by atoms with Gasteiger partial charge in [0.2, 0.25) is 0 Å². The summed E-state index contributed by atoms with van der Waals surface area (Å²) < 4.78 is 43.4. The van der Waals surface area contributed by atoms with Gasteiger partial charge in [-0.05, 0) is 37.1 Å². The van der Waals surface area contributed by atoms with E-state index in [0.717, 1.165) is 63.4 Å². The molecule has 7 nitrogen and oxygen atoms in total. The summed E-state index contributed by atoms with van der Waals surface area (Å²) in [5, 5.41) is 9.09. The number of ether oxygens (including phenoxy) is 2. The van der Waals surface area contributed by atoms with Crippen molar-refractivity contribution in [2.24, 2.45) is 0 Å². The molecule has 3 fully saturated rings. The first-order chi connectivity index (χ1) is 14.7. The molecule has 3 aliphatic heterocycles. The molecule has 0 aliphatic carbocycles. The fraction of sp³-hybridized carbons (Fsp3) is 0.700. The number of amides is 1. The second kappa shape index (κ2) is 10.3. The Bertz CT molecular complexity index is 730. The summed E-state index contributed by atoms with van der Waals surface area (Å²) in [5.74, 6) is -2.59. The quantitative estimate of drug-likeness (QED) is 0.725. The second-order valence-corrected chi connectivity index (χ2v) is 8.87. The summed E-state index contributed by atoms with van der Waals surface area (Å²) in [6, 6.07) is 4.53. The van der Waals surface area contributed by atoms with Crippen molar-refractivity contribution in [3.63, 3.8) is 0 Å². The molecule has 3 aliphatic rings. The van der Waals surface area contributed by atoms with Gasteiger partial charge in [0.1, 0.15) is 0 Å². The molecule has 4 heterocycles. The van der Waals surface area contributed by atoms with Gasteiger partial charge in [-0.1, -0.05) is 6.07 Å². The zero-order valence-electron chi connectivity index (χ0n) is 17.1. The van der Waals surface area contributed by atoms with Crippen LogP contribution in [0.2, 0.25) is 0 Å². The Morgan fingerprint density at radius 1 is 1.13 bits per heavy atom. The lowest BCUT2D eigenvalue weighted by atomic mass is 9.88. The normalized spacial score (nSPS) is 22.6. The van der Waals surface area contributed by atoms with Crippen molar-refractivity contribution in [2.75, 3.05) is 46.0 Å². The highest BCUT2D eigenvalue weighted by atomic mass is 32.1. The Labute approximate surface area is 182 Å². The van der Waals surface area contributed by atoms with Gasteiger partial charge < -0.3 is 19.5 Å². The van der Waals surface area contributed by atoms with Crippen LogP contribution >= 0.6 is 11.3 Å². The van der Waals surface area contributed by atoms with Gasteiger partial charge in [-0.3, -0.25) is 9.69 Å². The van der Waals surface area contributed by atoms with Gasteiger partial charge in [0.15, 0.2) is 0 Å². The molecule has 31 heavy (non-hydrogen) atoms. The van der Waals surface area contributed by atoms with E-state index in [9.17, 15) is 18.0 Å². The molecule has 0 radical (unpaired) electrons. The Balaban J connectivity index is 0.000000339. The number of carbonyl (C=O) groups is 2. The lowest BCUT2D eigenvalue weighted by molar-refractivity contribution is -0.192. The average molecular weight is 465 g/mol. The first-order valence-corrected chi connectivity index (χ1v) is 11.2. The summed E-state index contributed by atoms with van der Waals surface area (Å²) in [5.41, 5.74) is -0.132. The number of nitrogens with zero attached hydrogens (tertiary/aromatic N) is 2. The monoisotopic (exact) mass is 464 g/mol. The summed E-state index contributed by atoms with van der Waals surface area (Å²) >= 11 is 1.53. The van der Waals surface area contributed by atoms with Crippen LogP contribution in [0.15, 0.2) is 17.5 Å². The van der Waals surface area contributed by atoms with E-state index in [1.54, 1.807) is 0 Å². The molecule has 3 saturated heterocycles. The summed E-state index contributed by atoms with van der Waals surface area (Å²) in [6.07, 6.45) is -0.731. The van der Waals surface area contributed by atoms with E-state index in [0.29, 0.717) is 19.2 Å². The fourth-order valence-corrected chi connectivity index (χ4v) is 4.91. The maximum atomic E-state index is 12.7. The van der Waals surface area contributed by atoms with Crippen molar-refractivity contribution >= 4 is 23.2 Å². The highest BCUT2D eigenvalue weighted by molar-refractivity contribution is 7.12. The van der Waals surface area contributed by atoms with Crippen molar-refractivity contribution < 1.29 is 37.3 Å². The minimum atomic E-state index is -5.08. The first-order valence-electron chi connectivity index (χ1n) is 10.3. The van der Waals surface area contributed by atoms with Gasteiger partial charge in [-0.2, -0.15) is 13.2 Å². The van der Waals surface area contributed by atoms with Crippen LogP contribution in [0.1, 0.15) is 35.4 Å². The van der Waals surface area contributed by atoms with Crippen LogP contribution in [0.4, 0.5) is 13.2 Å². The molecule has 0 bridgehead atoms. The second-order valence-electron chi connectivity index (χ2n) is 7.92.